The van der Waals surface area contributed by atoms with Crippen molar-refractivity contribution in [1.82, 2.24) is 0 Å². The minimum atomic E-state index is -0.195. The van der Waals surface area contributed by atoms with E-state index < -0.39 is 0 Å². The largest absolute Gasteiger partial charge is 0.468 e. The molecule has 1 saturated carbocycles. The number of aryl methyl sites for hydroxylation is 1. The van der Waals surface area contributed by atoms with Crippen LogP contribution in [0.1, 0.15) is 212 Å². The Kier molecular flexibility index (Phi) is 11.0. The summed E-state index contributed by atoms with van der Waals surface area (Å²) in [6, 6.07) is 48.7. The van der Waals surface area contributed by atoms with E-state index in [1.165, 1.54) is 143 Å². The molecule has 7 aromatic carbocycles. The van der Waals surface area contributed by atoms with Crippen LogP contribution in [-0.2, 0) is 43.3 Å². The molecule has 414 valence electrons. The van der Waals surface area contributed by atoms with Crippen molar-refractivity contribution in [2.24, 2.45) is 0 Å². The average molecular weight is 1070 g/mol. The Morgan fingerprint density at radius 2 is 0.864 bits per heavy atom. The third kappa shape index (κ3) is 7.72. The van der Waals surface area contributed by atoms with Crippen molar-refractivity contribution in [2.45, 2.75) is 212 Å². The topological polar surface area (TPSA) is 19.6 Å². The highest BCUT2D eigenvalue weighted by Gasteiger charge is 2.53. The molecule has 7 aliphatic rings. The average Bonchev–Trinajstić information content (AvgIpc) is 2.07. The summed E-state index contributed by atoms with van der Waals surface area (Å²) < 4.78 is 8.02. The molecule has 0 atom stereocenters. The third-order valence-electron chi connectivity index (χ3n) is 22.2. The summed E-state index contributed by atoms with van der Waals surface area (Å²) in [5, 5.41) is 1.24. The van der Waals surface area contributed by atoms with Crippen molar-refractivity contribution in [3.05, 3.63) is 171 Å². The van der Waals surface area contributed by atoms with E-state index >= 15 is 0 Å². The lowest BCUT2D eigenvalue weighted by Gasteiger charge is -2.52. The predicted molar refractivity (Wildman–Crippen MR) is 347 cm³/mol. The summed E-state index contributed by atoms with van der Waals surface area (Å²) in [5.41, 5.74) is 30.2. The Balaban J connectivity index is 1.19. The molecule has 0 spiro atoms. The molecule has 5 aliphatic carbocycles. The maximum absolute atomic E-state index is 8.02. The molecule has 15 rings (SSSR count). The fourth-order valence-corrected chi connectivity index (χ4v) is 16.4. The summed E-state index contributed by atoms with van der Waals surface area (Å²) in [4.78, 5) is 5.54. The molecule has 0 unspecified atom stereocenters. The summed E-state index contributed by atoms with van der Waals surface area (Å²) in [5.74, 6) is 0. The first-order valence-corrected chi connectivity index (χ1v) is 31.0. The summed E-state index contributed by atoms with van der Waals surface area (Å²) >= 11 is 0. The van der Waals surface area contributed by atoms with E-state index in [4.69, 9.17) is 4.42 Å². The van der Waals surface area contributed by atoms with Gasteiger partial charge in [-0.2, -0.15) is 0 Å². The predicted octanol–water partition coefficient (Wildman–Crippen LogP) is 19.6. The minimum Gasteiger partial charge on any atom is -0.468 e. The summed E-state index contributed by atoms with van der Waals surface area (Å²) in [7, 11) is 0. The van der Waals surface area contributed by atoms with Gasteiger partial charge in [-0.25, -0.2) is 0 Å². The summed E-state index contributed by atoms with van der Waals surface area (Å²) in [6.07, 6.45) is 9.48. The second-order valence-corrected chi connectivity index (χ2v) is 31.7. The Bertz CT molecular complexity index is 3950. The lowest BCUT2D eigenvalue weighted by Crippen LogP contribution is -2.61. The van der Waals surface area contributed by atoms with Crippen molar-refractivity contribution < 1.29 is 4.42 Å². The Morgan fingerprint density at radius 1 is 0.420 bits per heavy atom. The van der Waals surface area contributed by atoms with E-state index in [9.17, 15) is 0 Å². The van der Waals surface area contributed by atoms with Gasteiger partial charge in [0.15, 0.2) is 0 Å². The highest BCUT2D eigenvalue weighted by atomic mass is 16.3. The van der Waals surface area contributed by atoms with Gasteiger partial charge in [-0.15, -0.1) is 0 Å². The van der Waals surface area contributed by atoms with E-state index in [-0.39, 0.29) is 50.0 Å². The lowest BCUT2D eigenvalue weighted by molar-refractivity contribution is 0.188. The monoisotopic (exact) mass is 1070 g/mol. The molecule has 4 heteroatoms. The van der Waals surface area contributed by atoms with Gasteiger partial charge in [-0.1, -0.05) is 184 Å². The number of hydrogen-bond acceptors (Lipinski definition) is 3. The van der Waals surface area contributed by atoms with Crippen molar-refractivity contribution in [3.8, 4) is 22.3 Å². The van der Waals surface area contributed by atoms with Gasteiger partial charge in [0.2, 0.25) is 0 Å². The van der Waals surface area contributed by atoms with E-state index in [1.807, 2.05) is 0 Å². The van der Waals surface area contributed by atoms with Crippen molar-refractivity contribution in [3.63, 3.8) is 0 Å². The van der Waals surface area contributed by atoms with Crippen LogP contribution in [-0.4, -0.2) is 6.71 Å². The number of hydrogen-bond donors (Lipinski definition) is 0. The minimum absolute atomic E-state index is 0.0151. The van der Waals surface area contributed by atoms with Gasteiger partial charge in [-0.05, 0) is 222 Å². The number of fused-ring (bicyclic) bond motifs is 10. The highest BCUT2D eigenvalue weighted by Crippen LogP contribution is 2.60. The first kappa shape index (κ1) is 52.8. The normalized spacial score (nSPS) is 22.4. The fraction of sp³-hybridized carbons (Fsp3) is 0.429. The Morgan fingerprint density at radius 3 is 1.38 bits per heavy atom. The quantitative estimate of drug-likeness (QED) is 0.164. The van der Waals surface area contributed by atoms with Crippen LogP contribution < -0.4 is 26.4 Å². The van der Waals surface area contributed by atoms with Crippen LogP contribution >= 0.6 is 0 Å². The maximum atomic E-state index is 8.02. The van der Waals surface area contributed by atoms with Gasteiger partial charge in [0, 0.05) is 33.6 Å². The molecular formula is C77H87BN2O. The number of furan rings is 1. The molecule has 81 heavy (non-hydrogen) atoms. The molecular weight excluding hydrogens is 980 g/mol. The van der Waals surface area contributed by atoms with Gasteiger partial charge in [-0.3, -0.25) is 0 Å². The van der Waals surface area contributed by atoms with Crippen LogP contribution in [0.25, 0.3) is 33.2 Å². The summed E-state index contributed by atoms with van der Waals surface area (Å²) in [6.45, 7) is 41.7. The molecule has 2 aliphatic heterocycles. The zero-order valence-corrected chi connectivity index (χ0v) is 52.1. The molecule has 1 aromatic heterocycles. The molecule has 3 nitrogen and oxygen atoms in total. The van der Waals surface area contributed by atoms with Gasteiger partial charge in [0.05, 0.1) is 22.7 Å². The smallest absolute Gasteiger partial charge is 0.297 e. The molecule has 8 aromatic rings. The molecule has 3 heterocycles. The van der Waals surface area contributed by atoms with Crippen LogP contribution in [0.2, 0.25) is 0 Å². The molecule has 0 amide bonds. The molecule has 0 N–H and O–H groups in total. The Labute approximate surface area is 486 Å². The van der Waals surface area contributed by atoms with E-state index in [0.717, 1.165) is 36.9 Å². The van der Waals surface area contributed by atoms with Gasteiger partial charge in [0.25, 0.3) is 6.71 Å². The second-order valence-electron chi connectivity index (χ2n) is 31.7. The molecule has 0 saturated heterocycles. The van der Waals surface area contributed by atoms with Crippen LogP contribution in [0, 0.1) is 6.92 Å². The van der Waals surface area contributed by atoms with Crippen LogP contribution in [0.4, 0.5) is 34.1 Å². The highest BCUT2D eigenvalue weighted by molar-refractivity contribution is 7.00. The molecule has 2 bridgehead atoms. The Hall–Kier alpha value is -6.26. The van der Waals surface area contributed by atoms with Gasteiger partial charge in [0.1, 0.15) is 5.58 Å². The zero-order valence-electron chi connectivity index (χ0n) is 52.1. The first-order valence-electron chi connectivity index (χ1n) is 31.0. The van der Waals surface area contributed by atoms with Gasteiger partial charge >= 0.3 is 0 Å². The van der Waals surface area contributed by atoms with Crippen LogP contribution in [0.5, 0.6) is 0 Å². The second kappa shape index (κ2) is 16.9. The van der Waals surface area contributed by atoms with Gasteiger partial charge < -0.3 is 14.2 Å². The SMILES string of the molecule is Cc1cc(C(C)(C)C)cc(-c2ccccc2)c1N1c2cc3c(cc2B2c4oc5cc6c(cc5c4N(c4cc5c(cc4-c4ccccc4)C(C)(C)CCC5(C)C)c4cc(C(C)(C)C)cc1c42)C1(C)CCC6(C)CC1)C(C)(C)CCC3(C)C. The number of nitrogens with zero attached hydrogens (tertiary/aromatic N) is 2. The van der Waals surface area contributed by atoms with Crippen molar-refractivity contribution in [2.75, 3.05) is 9.80 Å². The first-order chi connectivity index (χ1) is 38.0. The fourth-order valence-electron chi connectivity index (χ4n) is 16.4. The molecule has 1 fully saturated rings. The lowest BCUT2D eigenvalue weighted by atomic mass is 9.35. The van der Waals surface area contributed by atoms with E-state index in [0.29, 0.717) is 0 Å². The zero-order chi connectivity index (χ0) is 57.1. The van der Waals surface area contributed by atoms with E-state index in [2.05, 4.69) is 249 Å². The number of rotatable bonds is 4. The maximum Gasteiger partial charge on any atom is 0.297 e. The van der Waals surface area contributed by atoms with Crippen LogP contribution in [0.15, 0.2) is 126 Å². The third-order valence-corrected chi connectivity index (χ3v) is 22.2. The standard InChI is InChI=1S/C77H87BN2O/c1-46-36-49(70(2,3)4)37-52(48-26-22-19-23-27-48)67(46)80-62-44-57-55(73(10,11)29-31-75(57,14)15)42-60(62)78-66-63(38-50(39-64(66)80)71(5,6)7)79(68-53-41-58-59(45-65(53)81-69(68)78)77(17)34-32-76(58,16)33-35-77)61-43-56-54(72(8,9)28-30-74(56,12)13)40-51(61)47-24-20-18-21-25-47/h18-27,36-45H,28-35H2,1-17H3. The van der Waals surface area contributed by atoms with Crippen molar-refractivity contribution in [1.29, 1.82) is 0 Å². The van der Waals surface area contributed by atoms with Crippen molar-refractivity contribution >= 4 is 68.4 Å². The van der Waals surface area contributed by atoms with Crippen LogP contribution in [0.3, 0.4) is 0 Å². The molecule has 0 radical (unpaired) electrons. The number of anilines is 6. The number of benzene rings is 7. The van der Waals surface area contributed by atoms with E-state index in [1.54, 1.807) is 5.56 Å².